The molecular formula is C9H18O. The van der Waals surface area contributed by atoms with Crippen LogP contribution in [-0.2, 0) is 4.79 Å². The monoisotopic (exact) mass is 142 g/mol. The van der Waals surface area contributed by atoms with Gasteiger partial charge in [0.25, 0.3) is 0 Å². The third-order valence-corrected chi connectivity index (χ3v) is 1.85. The standard InChI is InChI=1S/C9H18O/c1-4-6-9(5-2)7-8(3)10/h9H,4-7H2,1-3H3/t9-/m1/s1. The zero-order chi connectivity index (χ0) is 7.98. The van der Waals surface area contributed by atoms with Crippen LogP contribution in [0.3, 0.4) is 0 Å². The normalized spacial score (nSPS) is 13.1. The summed E-state index contributed by atoms with van der Waals surface area (Å²) in [6, 6.07) is 0. The maximum absolute atomic E-state index is 10.7. The number of carbonyl (C=O) groups is 1. The molecule has 0 aliphatic rings. The van der Waals surface area contributed by atoms with Crippen molar-refractivity contribution >= 4 is 5.78 Å². The minimum absolute atomic E-state index is 0.334. The van der Waals surface area contributed by atoms with Gasteiger partial charge in [-0.25, -0.2) is 0 Å². The molecule has 0 aliphatic heterocycles. The van der Waals surface area contributed by atoms with E-state index in [1.807, 2.05) is 0 Å². The van der Waals surface area contributed by atoms with E-state index in [0.29, 0.717) is 11.7 Å². The summed E-state index contributed by atoms with van der Waals surface area (Å²) >= 11 is 0. The lowest BCUT2D eigenvalue weighted by atomic mass is 9.95. The van der Waals surface area contributed by atoms with Crippen molar-refractivity contribution in [2.24, 2.45) is 5.92 Å². The molecule has 0 unspecified atom stereocenters. The summed E-state index contributed by atoms with van der Waals surface area (Å²) in [5.41, 5.74) is 0. The van der Waals surface area contributed by atoms with Crippen molar-refractivity contribution in [3.63, 3.8) is 0 Å². The average Bonchev–Trinajstić information content (AvgIpc) is 1.86. The molecule has 0 rings (SSSR count). The van der Waals surface area contributed by atoms with E-state index < -0.39 is 0 Å². The SMILES string of the molecule is CCC[C@@H](CC)CC(C)=O. The molecule has 60 valence electrons. The van der Waals surface area contributed by atoms with Crippen LogP contribution in [0, 0.1) is 5.92 Å². The lowest BCUT2D eigenvalue weighted by Gasteiger charge is -2.10. The third kappa shape index (κ3) is 4.54. The number of Topliss-reactive ketones (excluding diaryl/α,β-unsaturated/α-hetero) is 1. The Kier molecular flexibility index (Phi) is 5.27. The molecule has 0 amide bonds. The first kappa shape index (κ1) is 9.67. The van der Waals surface area contributed by atoms with Gasteiger partial charge in [-0.15, -0.1) is 0 Å². The molecule has 0 aromatic carbocycles. The highest BCUT2D eigenvalue weighted by Gasteiger charge is 2.06. The van der Waals surface area contributed by atoms with Crippen LogP contribution in [0.5, 0.6) is 0 Å². The molecule has 0 saturated carbocycles. The highest BCUT2D eigenvalue weighted by Crippen LogP contribution is 2.14. The Bertz CT molecular complexity index is 96.9. The second-order valence-electron chi connectivity index (χ2n) is 2.97. The van der Waals surface area contributed by atoms with Crippen LogP contribution in [0.15, 0.2) is 0 Å². The van der Waals surface area contributed by atoms with Gasteiger partial charge in [-0.1, -0.05) is 33.1 Å². The molecule has 0 aromatic heterocycles. The Morgan fingerprint density at radius 3 is 2.30 bits per heavy atom. The van der Waals surface area contributed by atoms with Crippen molar-refractivity contribution in [2.75, 3.05) is 0 Å². The molecule has 1 heteroatoms. The van der Waals surface area contributed by atoms with Crippen LogP contribution in [0.2, 0.25) is 0 Å². The molecule has 0 spiro atoms. The van der Waals surface area contributed by atoms with Gasteiger partial charge in [-0.3, -0.25) is 0 Å². The van der Waals surface area contributed by atoms with Gasteiger partial charge in [0, 0.05) is 6.42 Å². The predicted octanol–water partition coefficient (Wildman–Crippen LogP) is 2.79. The zero-order valence-corrected chi connectivity index (χ0v) is 7.31. The van der Waals surface area contributed by atoms with Crippen molar-refractivity contribution in [3.05, 3.63) is 0 Å². The summed E-state index contributed by atoms with van der Waals surface area (Å²) in [6.07, 6.45) is 4.33. The van der Waals surface area contributed by atoms with E-state index in [1.54, 1.807) is 6.92 Å². The minimum Gasteiger partial charge on any atom is -0.300 e. The van der Waals surface area contributed by atoms with Gasteiger partial charge in [0.2, 0.25) is 0 Å². The van der Waals surface area contributed by atoms with Crippen molar-refractivity contribution in [3.8, 4) is 0 Å². The van der Waals surface area contributed by atoms with Crippen LogP contribution in [-0.4, -0.2) is 5.78 Å². The lowest BCUT2D eigenvalue weighted by molar-refractivity contribution is -0.117. The first-order chi connectivity index (χ1) is 4.70. The topological polar surface area (TPSA) is 17.1 Å². The largest absolute Gasteiger partial charge is 0.300 e. The summed E-state index contributed by atoms with van der Waals surface area (Å²) < 4.78 is 0. The van der Waals surface area contributed by atoms with Crippen molar-refractivity contribution in [2.45, 2.75) is 46.5 Å². The van der Waals surface area contributed by atoms with Crippen LogP contribution < -0.4 is 0 Å². The summed E-state index contributed by atoms with van der Waals surface area (Å²) in [5, 5.41) is 0. The van der Waals surface area contributed by atoms with Gasteiger partial charge in [0.05, 0.1) is 0 Å². The molecule has 0 aliphatic carbocycles. The van der Waals surface area contributed by atoms with E-state index >= 15 is 0 Å². The van der Waals surface area contributed by atoms with Gasteiger partial charge in [0.1, 0.15) is 5.78 Å². The van der Waals surface area contributed by atoms with Crippen molar-refractivity contribution in [1.82, 2.24) is 0 Å². The molecule has 0 bridgehead atoms. The number of hydrogen-bond acceptors (Lipinski definition) is 1. The molecule has 1 atom stereocenters. The van der Waals surface area contributed by atoms with Crippen LogP contribution in [0.25, 0.3) is 0 Å². The number of rotatable bonds is 5. The van der Waals surface area contributed by atoms with Gasteiger partial charge < -0.3 is 4.79 Å². The quantitative estimate of drug-likeness (QED) is 0.577. The Balaban J connectivity index is 3.49. The first-order valence-corrected chi connectivity index (χ1v) is 4.20. The fourth-order valence-corrected chi connectivity index (χ4v) is 1.27. The van der Waals surface area contributed by atoms with Crippen LogP contribution in [0.4, 0.5) is 0 Å². The Hall–Kier alpha value is -0.330. The number of carbonyl (C=O) groups excluding carboxylic acids is 1. The molecule has 0 radical (unpaired) electrons. The van der Waals surface area contributed by atoms with Crippen molar-refractivity contribution < 1.29 is 4.79 Å². The Labute approximate surface area is 63.8 Å². The average molecular weight is 142 g/mol. The molecule has 0 saturated heterocycles. The van der Waals surface area contributed by atoms with E-state index in [0.717, 1.165) is 12.8 Å². The second kappa shape index (κ2) is 5.45. The Morgan fingerprint density at radius 2 is 2.00 bits per heavy atom. The molecular weight excluding hydrogens is 124 g/mol. The van der Waals surface area contributed by atoms with Crippen LogP contribution >= 0.6 is 0 Å². The summed E-state index contributed by atoms with van der Waals surface area (Å²) in [6.45, 7) is 6.00. The van der Waals surface area contributed by atoms with Gasteiger partial charge in [-0.05, 0) is 12.8 Å². The molecule has 10 heavy (non-hydrogen) atoms. The summed E-state index contributed by atoms with van der Waals surface area (Å²) in [4.78, 5) is 10.7. The summed E-state index contributed by atoms with van der Waals surface area (Å²) in [5.74, 6) is 0.975. The zero-order valence-electron chi connectivity index (χ0n) is 7.31. The molecule has 0 fully saturated rings. The van der Waals surface area contributed by atoms with E-state index in [1.165, 1.54) is 12.8 Å². The highest BCUT2D eigenvalue weighted by atomic mass is 16.1. The van der Waals surface area contributed by atoms with Gasteiger partial charge >= 0.3 is 0 Å². The van der Waals surface area contributed by atoms with Crippen LogP contribution in [0.1, 0.15) is 46.5 Å². The Morgan fingerprint density at radius 1 is 1.40 bits per heavy atom. The number of hydrogen-bond donors (Lipinski definition) is 0. The van der Waals surface area contributed by atoms with E-state index in [-0.39, 0.29) is 0 Å². The molecule has 0 aromatic rings. The fraction of sp³-hybridized carbons (Fsp3) is 0.889. The lowest BCUT2D eigenvalue weighted by Crippen LogP contribution is -2.03. The minimum atomic E-state index is 0.334. The number of ketones is 1. The van der Waals surface area contributed by atoms with E-state index in [9.17, 15) is 4.79 Å². The highest BCUT2D eigenvalue weighted by molar-refractivity contribution is 5.75. The first-order valence-electron chi connectivity index (χ1n) is 4.20. The van der Waals surface area contributed by atoms with E-state index in [4.69, 9.17) is 0 Å². The van der Waals surface area contributed by atoms with Gasteiger partial charge in [-0.2, -0.15) is 0 Å². The van der Waals surface area contributed by atoms with Crippen molar-refractivity contribution in [1.29, 1.82) is 0 Å². The molecule has 1 nitrogen and oxygen atoms in total. The maximum atomic E-state index is 10.7. The maximum Gasteiger partial charge on any atom is 0.130 e. The van der Waals surface area contributed by atoms with Gasteiger partial charge in [0.15, 0.2) is 0 Å². The fourth-order valence-electron chi connectivity index (χ4n) is 1.27. The molecule has 0 heterocycles. The second-order valence-corrected chi connectivity index (χ2v) is 2.97. The molecule has 0 N–H and O–H groups in total. The van der Waals surface area contributed by atoms with E-state index in [2.05, 4.69) is 13.8 Å². The predicted molar refractivity (Wildman–Crippen MR) is 44.0 cm³/mol. The third-order valence-electron chi connectivity index (χ3n) is 1.85. The summed E-state index contributed by atoms with van der Waals surface area (Å²) in [7, 11) is 0. The smallest absolute Gasteiger partial charge is 0.130 e.